The lowest BCUT2D eigenvalue weighted by atomic mass is 10.2. The van der Waals surface area contributed by atoms with E-state index in [4.69, 9.17) is 4.74 Å². The lowest BCUT2D eigenvalue weighted by Crippen LogP contribution is -2.37. The molecule has 1 aromatic rings. The standard InChI is InChI=1S/C15H24N4O2/c1-3-4-5-14(20)16-11-13-10-12(2)17-15(18-13)19-6-8-21-9-7-19/h10H,3-9,11H2,1-2H3,(H,16,20). The first-order valence-electron chi connectivity index (χ1n) is 7.63. The zero-order chi connectivity index (χ0) is 15.1. The fraction of sp³-hybridized carbons (Fsp3) is 0.667. The molecule has 1 fully saturated rings. The van der Waals surface area contributed by atoms with E-state index < -0.39 is 0 Å². The molecular weight excluding hydrogens is 268 g/mol. The number of carbonyl (C=O) groups is 1. The molecule has 0 bridgehead atoms. The van der Waals surface area contributed by atoms with Crippen LogP contribution in [-0.4, -0.2) is 42.2 Å². The Balaban J connectivity index is 1.96. The second kappa shape index (κ2) is 7.93. The fourth-order valence-electron chi connectivity index (χ4n) is 2.23. The van der Waals surface area contributed by atoms with Crippen LogP contribution in [0.1, 0.15) is 37.6 Å². The summed E-state index contributed by atoms with van der Waals surface area (Å²) in [6, 6.07) is 1.92. The maximum atomic E-state index is 11.7. The SMILES string of the molecule is CCCCC(=O)NCc1cc(C)nc(N2CCOCC2)n1. The third kappa shape index (κ3) is 4.97. The monoisotopic (exact) mass is 292 g/mol. The van der Waals surface area contributed by atoms with Crippen molar-refractivity contribution in [2.24, 2.45) is 0 Å². The Morgan fingerprint density at radius 3 is 2.86 bits per heavy atom. The van der Waals surface area contributed by atoms with E-state index in [2.05, 4.69) is 27.1 Å². The number of morpholine rings is 1. The van der Waals surface area contributed by atoms with E-state index in [0.717, 1.165) is 43.3 Å². The maximum Gasteiger partial charge on any atom is 0.225 e. The molecule has 116 valence electrons. The van der Waals surface area contributed by atoms with Gasteiger partial charge in [-0.1, -0.05) is 13.3 Å². The summed E-state index contributed by atoms with van der Waals surface area (Å²) < 4.78 is 5.34. The zero-order valence-corrected chi connectivity index (χ0v) is 12.9. The highest BCUT2D eigenvalue weighted by atomic mass is 16.5. The molecule has 2 rings (SSSR count). The van der Waals surface area contributed by atoms with Crippen molar-refractivity contribution < 1.29 is 9.53 Å². The van der Waals surface area contributed by atoms with Crippen molar-refractivity contribution in [3.8, 4) is 0 Å². The molecular formula is C15H24N4O2. The van der Waals surface area contributed by atoms with E-state index in [1.165, 1.54) is 0 Å². The Kier molecular flexibility index (Phi) is 5.92. The van der Waals surface area contributed by atoms with Crippen molar-refractivity contribution in [3.63, 3.8) is 0 Å². The number of aryl methyl sites for hydroxylation is 1. The van der Waals surface area contributed by atoms with Crippen LogP contribution < -0.4 is 10.2 Å². The molecule has 1 aliphatic rings. The number of amides is 1. The molecule has 6 nitrogen and oxygen atoms in total. The Hall–Kier alpha value is -1.69. The predicted molar refractivity (Wildman–Crippen MR) is 81.2 cm³/mol. The lowest BCUT2D eigenvalue weighted by Gasteiger charge is -2.27. The number of carbonyl (C=O) groups excluding carboxylic acids is 1. The summed E-state index contributed by atoms with van der Waals surface area (Å²) in [5.41, 5.74) is 1.78. The van der Waals surface area contributed by atoms with Gasteiger partial charge in [0, 0.05) is 25.2 Å². The van der Waals surface area contributed by atoms with Gasteiger partial charge in [-0.15, -0.1) is 0 Å². The highest BCUT2D eigenvalue weighted by Gasteiger charge is 2.15. The Morgan fingerprint density at radius 1 is 1.38 bits per heavy atom. The zero-order valence-electron chi connectivity index (χ0n) is 12.9. The first kappa shape index (κ1) is 15.7. The summed E-state index contributed by atoms with van der Waals surface area (Å²) in [7, 11) is 0. The second-order valence-electron chi connectivity index (χ2n) is 5.28. The number of anilines is 1. The van der Waals surface area contributed by atoms with Gasteiger partial charge in [0.1, 0.15) is 0 Å². The topological polar surface area (TPSA) is 67.4 Å². The average Bonchev–Trinajstić information content (AvgIpc) is 2.51. The summed E-state index contributed by atoms with van der Waals surface area (Å²) in [5, 5.41) is 2.92. The fourth-order valence-corrected chi connectivity index (χ4v) is 2.23. The van der Waals surface area contributed by atoms with Gasteiger partial charge in [-0.05, 0) is 19.4 Å². The van der Waals surface area contributed by atoms with Crippen LogP contribution in [-0.2, 0) is 16.1 Å². The molecule has 1 aliphatic heterocycles. The van der Waals surface area contributed by atoms with Crippen LogP contribution in [0.2, 0.25) is 0 Å². The summed E-state index contributed by atoms with van der Waals surface area (Å²) in [5.74, 6) is 0.817. The number of ether oxygens (including phenoxy) is 1. The van der Waals surface area contributed by atoms with Crippen molar-refractivity contribution in [2.45, 2.75) is 39.7 Å². The number of hydrogen-bond donors (Lipinski definition) is 1. The van der Waals surface area contributed by atoms with E-state index in [-0.39, 0.29) is 5.91 Å². The van der Waals surface area contributed by atoms with Gasteiger partial charge >= 0.3 is 0 Å². The van der Waals surface area contributed by atoms with Gasteiger partial charge < -0.3 is 15.0 Å². The van der Waals surface area contributed by atoms with Gasteiger partial charge in [0.05, 0.1) is 25.5 Å². The summed E-state index contributed by atoms with van der Waals surface area (Å²) in [6.07, 6.45) is 2.53. The normalized spacial score (nSPS) is 15.0. The minimum atomic E-state index is 0.0843. The van der Waals surface area contributed by atoms with Crippen molar-refractivity contribution in [3.05, 3.63) is 17.5 Å². The van der Waals surface area contributed by atoms with Crippen molar-refractivity contribution in [2.75, 3.05) is 31.2 Å². The molecule has 21 heavy (non-hydrogen) atoms. The molecule has 0 atom stereocenters. The molecule has 0 spiro atoms. The molecule has 0 radical (unpaired) electrons. The first-order chi connectivity index (χ1) is 10.2. The van der Waals surface area contributed by atoms with E-state index in [0.29, 0.717) is 26.2 Å². The van der Waals surface area contributed by atoms with Crippen LogP contribution in [0, 0.1) is 6.92 Å². The van der Waals surface area contributed by atoms with Crippen LogP contribution in [0.15, 0.2) is 6.07 Å². The van der Waals surface area contributed by atoms with Gasteiger partial charge in [0.25, 0.3) is 0 Å². The molecule has 0 unspecified atom stereocenters. The molecule has 1 N–H and O–H groups in total. The minimum absolute atomic E-state index is 0.0843. The van der Waals surface area contributed by atoms with Crippen molar-refractivity contribution >= 4 is 11.9 Å². The first-order valence-corrected chi connectivity index (χ1v) is 7.63. The van der Waals surface area contributed by atoms with Gasteiger partial charge in [-0.3, -0.25) is 4.79 Å². The largest absolute Gasteiger partial charge is 0.378 e. The van der Waals surface area contributed by atoms with Gasteiger partial charge in [0.15, 0.2) is 0 Å². The molecule has 1 saturated heterocycles. The third-order valence-corrected chi connectivity index (χ3v) is 3.41. The molecule has 6 heteroatoms. The highest BCUT2D eigenvalue weighted by molar-refractivity contribution is 5.75. The van der Waals surface area contributed by atoms with Crippen LogP contribution in [0.4, 0.5) is 5.95 Å². The number of nitrogens with one attached hydrogen (secondary N) is 1. The number of hydrogen-bond acceptors (Lipinski definition) is 5. The molecule has 1 aromatic heterocycles. The van der Waals surface area contributed by atoms with E-state index in [9.17, 15) is 4.79 Å². The van der Waals surface area contributed by atoms with E-state index in [1.807, 2.05) is 13.0 Å². The van der Waals surface area contributed by atoms with Gasteiger partial charge in [-0.25, -0.2) is 9.97 Å². The highest BCUT2D eigenvalue weighted by Crippen LogP contribution is 2.12. The number of nitrogens with zero attached hydrogens (tertiary/aromatic N) is 3. The van der Waals surface area contributed by atoms with Crippen LogP contribution in [0.5, 0.6) is 0 Å². The minimum Gasteiger partial charge on any atom is -0.378 e. The van der Waals surface area contributed by atoms with Crippen LogP contribution in [0.25, 0.3) is 0 Å². The van der Waals surface area contributed by atoms with Crippen LogP contribution in [0.3, 0.4) is 0 Å². The molecule has 0 saturated carbocycles. The summed E-state index contributed by atoms with van der Waals surface area (Å²) in [6.45, 7) is 7.53. The summed E-state index contributed by atoms with van der Waals surface area (Å²) >= 11 is 0. The lowest BCUT2D eigenvalue weighted by molar-refractivity contribution is -0.121. The molecule has 1 amide bonds. The summed E-state index contributed by atoms with van der Waals surface area (Å²) in [4.78, 5) is 22.8. The predicted octanol–water partition coefficient (Wildman–Crippen LogP) is 1.43. The third-order valence-electron chi connectivity index (χ3n) is 3.41. The number of unbranched alkanes of at least 4 members (excludes halogenated alkanes) is 1. The molecule has 0 aromatic carbocycles. The van der Waals surface area contributed by atoms with Crippen molar-refractivity contribution in [1.82, 2.24) is 15.3 Å². The van der Waals surface area contributed by atoms with Crippen molar-refractivity contribution in [1.29, 1.82) is 0 Å². The number of aromatic nitrogens is 2. The molecule has 0 aliphatic carbocycles. The average molecular weight is 292 g/mol. The van der Waals surface area contributed by atoms with Gasteiger partial charge in [0.2, 0.25) is 11.9 Å². The quantitative estimate of drug-likeness (QED) is 0.859. The number of rotatable bonds is 6. The Labute approximate surface area is 125 Å². The Morgan fingerprint density at radius 2 is 2.14 bits per heavy atom. The van der Waals surface area contributed by atoms with E-state index >= 15 is 0 Å². The van der Waals surface area contributed by atoms with E-state index in [1.54, 1.807) is 0 Å². The maximum absolute atomic E-state index is 11.7. The second-order valence-corrected chi connectivity index (χ2v) is 5.28. The van der Waals surface area contributed by atoms with Crippen LogP contribution >= 0.6 is 0 Å². The Bertz CT molecular complexity index is 473. The van der Waals surface area contributed by atoms with Gasteiger partial charge in [-0.2, -0.15) is 0 Å². The molecule has 2 heterocycles. The smallest absolute Gasteiger partial charge is 0.225 e.